The first-order valence-electron chi connectivity index (χ1n) is 18.4. The maximum Gasteiger partial charge on any atom is 0.312 e. The van der Waals surface area contributed by atoms with E-state index in [1.807, 2.05) is 27.7 Å². The predicted molar refractivity (Wildman–Crippen MR) is 204 cm³/mol. The van der Waals surface area contributed by atoms with Crippen LogP contribution in [-0.4, -0.2) is 119 Å². The number of nitrogens with one attached hydrogen (secondary N) is 3. The van der Waals surface area contributed by atoms with Crippen LogP contribution in [0.3, 0.4) is 0 Å². The summed E-state index contributed by atoms with van der Waals surface area (Å²) >= 11 is 0. The number of urea groups is 1. The highest BCUT2D eigenvalue weighted by Gasteiger charge is 2.43. The van der Waals surface area contributed by atoms with Crippen LogP contribution in [0.1, 0.15) is 73.1 Å². The summed E-state index contributed by atoms with van der Waals surface area (Å²) in [6.07, 6.45) is 1.12. The molecule has 2 rings (SSSR count). The first kappa shape index (κ1) is 46.3. The van der Waals surface area contributed by atoms with Crippen LogP contribution in [0.25, 0.3) is 0 Å². The summed E-state index contributed by atoms with van der Waals surface area (Å²) in [5, 5.41) is 5.02. The predicted octanol–water partition coefficient (Wildman–Crippen LogP) is 1.11. The molecule has 0 saturated carbocycles. The van der Waals surface area contributed by atoms with Gasteiger partial charge in [-0.2, -0.15) is 0 Å². The molecule has 0 aromatic heterocycles. The molecule has 8 atom stereocenters. The lowest BCUT2D eigenvalue weighted by atomic mass is 9.89. The van der Waals surface area contributed by atoms with Crippen molar-refractivity contribution in [3.8, 4) is 0 Å². The van der Waals surface area contributed by atoms with Gasteiger partial charge in [-0.15, -0.1) is 0 Å². The number of primary amides is 1. The summed E-state index contributed by atoms with van der Waals surface area (Å²) in [6, 6.07) is 2.01. The lowest BCUT2D eigenvalue weighted by Gasteiger charge is -2.40. The van der Waals surface area contributed by atoms with Crippen molar-refractivity contribution in [2.45, 2.75) is 114 Å². The Morgan fingerprint density at radius 3 is 2.17 bits per heavy atom. The highest BCUT2D eigenvalue weighted by Crippen LogP contribution is 2.30. The van der Waals surface area contributed by atoms with Gasteiger partial charge in [-0.05, 0) is 61.8 Å². The van der Waals surface area contributed by atoms with Gasteiger partial charge >= 0.3 is 6.03 Å². The zero-order valence-electron chi connectivity index (χ0n) is 32.9. The van der Waals surface area contributed by atoms with E-state index in [-0.39, 0.29) is 47.9 Å². The van der Waals surface area contributed by atoms with Crippen molar-refractivity contribution >= 4 is 45.4 Å². The Labute approximate surface area is 319 Å². The van der Waals surface area contributed by atoms with E-state index in [9.17, 15) is 32.4 Å². The zero-order valence-corrected chi connectivity index (χ0v) is 33.7. The van der Waals surface area contributed by atoms with Gasteiger partial charge in [0, 0.05) is 40.0 Å². The van der Waals surface area contributed by atoms with Crippen molar-refractivity contribution in [3.05, 3.63) is 24.3 Å². The number of carbonyl (C=O) groups excluding carboxylic acids is 5. The molecule has 1 heterocycles. The molecule has 1 aromatic carbocycles. The SMILES string of the molecule is CC[C@H](C)[C@@H]([C@@H](CC(=O)N1CCC[C@H]1[C@H](OC)[C@@H](C)C(=O)NS(=O)(=O)c1ccc(NC(=O)[C@@H](N)CCCNC(N)=O)cc1)OC)N(C)C(=O)[C@@H](N)C(C)C. The number of sulfonamides is 1. The lowest BCUT2D eigenvalue weighted by molar-refractivity contribution is -0.146. The van der Waals surface area contributed by atoms with E-state index in [0.717, 1.165) is 6.42 Å². The Kier molecular flexibility index (Phi) is 18.3. The molecule has 0 unspecified atom stereocenters. The smallest absolute Gasteiger partial charge is 0.312 e. The molecule has 17 nitrogen and oxygen atoms in total. The number of carbonyl (C=O) groups is 5. The van der Waals surface area contributed by atoms with Crippen molar-refractivity contribution in [2.75, 3.05) is 39.7 Å². The molecule has 306 valence electrons. The summed E-state index contributed by atoms with van der Waals surface area (Å²) in [4.78, 5) is 66.9. The van der Waals surface area contributed by atoms with Gasteiger partial charge in [0.1, 0.15) is 0 Å². The van der Waals surface area contributed by atoms with Crippen molar-refractivity contribution in [3.63, 3.8) is 0 Å². The minimum absolute atomic E-state index is 0.00871. The standard InChI is InChI=1S/C36H62N8O9S/c1-9-22(4)31(43(6)35(48)30(38)21(2)3)28(52-7)20-29(45)44-19-11-13-27(44)32(53-8)23(5)33(46)42-54(50,51)25-16-14-24(15-17-25)41-34(47)26(37)12-10-18-40-36(39)49/h14-17,21-23,26-28,30-32H,9-13,18-20,37-38H2,1-8H3,(H,41,47)(H,42,46)(H3,39,40,49)/t22-,23+,26-,27-,28+,30-,31-,32+/m0/s1. The summed E-state index contributed by atoms with van der Waals surface area (Å²) < 4.78 is 40.2. The molecule has 0 radical (unpaired) electrons. The number of hydrogen-bond donors (Lipinski definition) is 6. The number of ether oxygens (including phenoxy) is 2. The van der Waals surface area contributed by atoms with E-state index in [2.05, 4.69) is 15.4 Å². The second-order valence-corrected chi connectivity index (χ2v) is 16.1. The first-order chi connectivity index (χ1) is 25.3. The topological polar surface area (TPSA) is 259 Å². The number of likely N-dealkylation sites (tertiary alicyclic amines) is 1. The average Bonchev–Trinajstić information content (AvgIpc) is 3.61. The molecule has 0 bridgehead atoms. The fourth-order valence-corrected chi connectivity index (χ4v) is 7.79. The van der Waals surface area contributed by atoms with Crippen LogP contribution in [0.5, 0.6) is 0 Å². The molecule has 0 aliphatic carbocycles. The van der Waals surface area contributed by atoms with E-state index in [4.69, 9.17) is 26.7 Å². The van der Waals surface area contributed by atoms with E-state index < -0.39 is 70.2 Å². The number of nitrogens with zero attached hydrogens (tertiary/aromatic N) is 2. The second kappa shape index (κ2) is 21.3. The Balaban J connectivity index is 2.13. The number of hydrogen-bond acceptors (Lipinski definition) is 11. The molecule has 1 fully saturated rings. The third-order valence-electron chi connectivity index (χ3n) is 10.3. The highest BCUT2D eigenvalue weighted by molar-refractivity contribution is 7.90. The number of nitrogens with two attached hydrogens (primary N) is 3. The van der Waals surface area contributed by atoms with Gasteiger partial charge in [0.05, 0.1) is 53.6 Å². The minimum atomic E-state index is -4.33. The monoisotopic (exact) mass is 782 g/mol. The van der Waals surface area contributed by atoms with Crippen LogP contribution in [-0.2, 0) is 38.7 Å². The number of benzene rings is 1. The molecule has 1 saturated heterocycles. The number of methoxy groups -OCH3 is 2. The molecule has 9 N–H and O–H groups in total. The normalized spacial score (nSPS) is 18.5. The quantitative estimate of drug-likeness (QED) is 0.0963. The Morgan fingerprint density at radius 2 is 1.63 bits per heavy atom. The molecule has 18 heteroatoms. The number of likely N-dealkylation sites (N-methyl/N-ethyl adjacent to an activating group) is 1. The van der Waals surface area contributed by atoms with Crippen LogP contribution in [0, 0.1) is 17.8 Å². The summed E-state index contributed by atoms with van der Waals surface area (Å²) in [5.74, 6) is -2.85. The van der Waals surface area contributed by atoms with Gasteiger partial charge in [-0.25, -0.2) is 17.9 Å². The van der Waals surface area contributed by atoms with E-state index in [0.29, 0.717) is 31.5 Å². The lowest BCUT2D eigenvalue weighted by Crippen LogP contribution is -2.56. The maximum atomic E-state index is 13.9. The molecule has 1 aromatic rings. The van der Waals surface area contributed by atoms with Crippen molar-refractivity contribution < 1.29 is 41.9 Å². The van der Waals surface area contributed by atoms with Gasteiger partial charge in [0.2, 0.25) is 23.6 Å². The van der Waals surface area contributed by atoms with E-state index >= 15 is 0 Å². The van der Waals surface area contributed by atoms with Crippen LogP contribution < -0.4 is 32.6 Å². The molecule has 1 aliphatic rings. The van der Waals surface area contributed by atoms with Gasteiger partial charge in [0.25, 0.3) is 10.0 Å². The van der Waals surface area contributed by atoms with Gasteiger partial charge < -0.3 is 47.1 Å². The fraction of sp³-hybridized carbons (Fsp3) is 0.694. The maximum absolute atomic E-state index is 13.9. The van der Waals surface area contributed by atoms with Gasteiger partial charge in [0.15, 0.2) is 0 Å². The fourth-order valence-electron chi connectivity index (χ4n) is 6.73. The van der Waals surface area contributed by atoms with Gasteiger partial charge in [-0.3, -0.25) is 19.2 Å². The Hall–Kier alpha value is -3.84. The van der Waals surface area contributed by atoms with Crippen LogP contribution in [0.2, 0.25) is 0 Å². The first-order valence-corrected chi connectivity index (χ1v) is 19.9. The van der Waals surface area contributed by atoms with E-state index in [1.165, 1.54) is 38.5 Å². The number of anilines is 1. The molecular formula is C36H62N8O9S. The number of rotatable bonds is 21. The average molecular weight is 783 g/mol. The zero-order chi connectivity index (χ0) is 40.9. The Morgan fingerprint density at radius 1 is 1.00 bits per heavy atom. The van der Waals surface area contributed by atoms with E-state index in [1.54, 1.807) is 23.8 Å². The highest BCUT2D eigenvalue weighted by atomic mass is 32.2. The largest absolute Gasteiger partial charge is 0.379 e. The molecular weight excluding hydrogens is 721 g/mol. The van der Waals surface area contributed by atoms with Crippen molar-refractivity contribution in [2.24, 2.45) is 35.0 Å². The molecule has 54 heavy (non-hydrogen) atoms. The van der Waals surface area contributed by atoms with Crippen LogP contribution >= 0.6 is 0 Å². The summed E-state index contributed by atoms with van der Waals surface area (Å²) in [7, 11) is 0.285. The van der Waals surface area contributed by atoms with Crippen molar-refractivity contribution in [1.82, 2.24) is 19.8 Å². The van der Waals surface area contributed by atoms with Gasteiger partial charge in [-0.1, -0.05) is 41.0 Å². The second-order valence-electron chi connectivity index (χ2n) is 14.4. The van der Waals surface area contributed by atoms with Crippen LogP contribution in [0.4, 0.5) is 10.5 Å². The van der Waals surface area contributed by atoms with Crippen LogP contribution in [0.15, 0.2) is 29.2 Å². The summed E-state index contributed by atoms with van der Waals surface area (Å²) in [6.45, 7) is 9.97. The molecule has 1 aliphatic heterocycles. The molecule has 0 spiro atoms. The Bertz CT molecular complexity index is 1530. The van der Waals surface area contributed by atoms with Crippen molar-refractivity contribution in [1.29, 1.82) is 0 Å². The molecule has 6 amide bonds. The minimum Gasteiger partial charge on any atom is -0.379 e. The third kappa shape index (κ3) is 12.6. The summed E-state index contributed by atoms with van der Waals surface area (Å²) in [5.41, 5.74) is 17.4. The number of amides is 6. The third-order valence-corrected chi connectivity index (χ3v) is 11.6.